The Morgan fingerprint density at radius 1 is 0.881 bits per heavy atom. The fourth-order valence-electron chi connectivity index (χ4n) is 6.73. The van der Waals surface area contributed by atoms with Crippen molar-refractivity contribution in [2.24, 2.45) is 5.92 Å². The number of hydrogen-bond acceptors (Lipinski definition) is 4. The SMILES string of the molecule is CCCN(C(=O)NCc1ccccc1)C1CCN(CC2CC(NS(=O)(=O)c3ccccc3)CC2c2ccccc2)CC1. The molecule has 2 N–H and O–H groups in total. The average molecular weight is 589 g/mol. The number of nitrogens with one attached hydrogen (secondary N) is 2. The van der Waals surface area contributed by atoms with Crippen molar-refractivity contribution < 1.29 is 13.2 Å². The van der Waals surface area contributed by atoms with Gasteiger partial charge in [0.15, 0.2) is 0 Å². The Morgan fingerprint density at radius 3 is 2.14 bits per heavy atom. The van der Waals surface area contributed by atoms with Crippen molar-refractivity contribution in [1.29, 1.82) is 0 Å². The molecule has 224 valence electrons. The van der Waals surface area contributed by atoms with Crippen LogP contribution in [0.3, 0.4) is 0 Å². The molecule has 3 unspecified atom stereocenters. The molecule has 1 saturated carbocycles. The Morgan fingerprint density at radius 2 is 1.50 bits per heavy atom. The fourth-order valence-corrected chi connectivity index (χ4v) is 8.01. The second-order valence-electron chi connectivity index (χ2n) is 11.7. The number of nitrogens with zero attached hydrogens (tertiary/aromatic N) is 2. The van der Waals surface area contributed by atoms with Crippen LogP contribution in [-0.2, 0) is 16.6 Å². The van der Waals surface area contributed by atoms with E-state index in [0.29, 0.717) is 23.3 Å². The highest BCUT2D eigenvalue weighted by Crippen LogP contribution is 2.41. The van der Waals surface area contributed by atoms with E-state index in [1.54, 1.807) is 24.3 Å². The van der Waals surface area contributed by atoms with Crippen molar-refractivity contribution in [3.8, 4) is 0 Å². The highest BCUT2D eigenvalue weighted by molar-refractivity contribution is 7.89. The van der Waals surface area contributed by atoms with Gasteiger partial charge in [-0.3, -0.25) is 0 Å². The van der Waals surface area contributed by atoms with E-state index in [-0.39, 0.29) is 18.1 Å². The highest BCUT2D eigenvalue weighted by Gasteiger charge is 2.39. The molecule has 0 radical (unpaired) electrons. The first kappa shape index (κ1) is 30.3. The third kappa shape index (κ3) is 7.79. The predicted molar refractivity (Wildman–Crippen MR) is 168 cm³/mol. The maximum atomic E-state index is 13.2. The summed E-state index contributed by atoms with van der Waals surface area (Å²) in [4.78, 5) is 18.0. The quantitative estimate of drug-likeness (QED) is 0.305. The van der Waals surface area contributed by atoms with Gasteiger partial charge in [0, 0.05) is 44.8 Å². The molecule has 42 heavy (non-hydrogen) atoms. The van der Waals surface area contributed by atoms with E-state index in [2.05, 4.69) is 46.1 Å². The molecule has 0 bridgehead atoms. The molecule has 7 nitrogen and oxygen atoms in total. The number of sulfonamides is 1. The summed E-state index contributed by atoms with van der Waals surface area (Å²) in [6.45, 7) is 6.23. The van der Waals surface area contributed by atoms with Gasteiger partial charge < -0.3 is 15.1 Å². The van der Waals surface area contributed by atoms with Crippen molar-refractivity contribution in [3.05, 3.63) is 102 Å². The molecule has 2 amide bonds. The van der Waals surface area contributed by atoms with Crippen molar-refractivity contribution >= 4 is 16.1 Å². The summed E-state index contributed by atoms with van der Waals surface area (Å²) in [5, 5.41) is 3.13. The minimum absolute atomic E-state index is 0.0210. The van der Waals surface area contributed by atoms with Crippen LogP contribution in [0.4, 0.5) is 4.79 Å². The van der Waals surface area contributed by atoms with E-state index < -0.39 is 10.0 Å². The second kappa shape index (κ2) is 14.3. The molecule has 8 heteroatoms. The van der Waals surface area contributed by atoms with Crippen LogP contribution in [0.25, 0.3) is 0 Å². The number of amides is 2. The molecule has 1 heterocycles. The lowest BCUT2D eigenvalue weighted by atomic mass is 9.88. The first-order chi connectivity index (χ1) is 20.4. The monoisotopic (exact) mass is 588 g/mol. The van der Waals surface area contributed by atoms with Gasteiger partial charge in [0.25, 0.3) is 0 Å². The molecule has 1 aliphatic heterocycles. The Hall–Kier alpha value is -3.20. The zero-order valence-corrected chi connectivity index (χ0v) is 25.4. The van der Waals surface area contributed by atoms with Crippen molar-refractivity contribution in [1.82, 2.24) is 19.8 Å². The number of urea groups is 1. The van der Waals surface area contributed by atoms with E-state index in [0.717, 1.165) is 63.8 Å². The molecule has 3 aromatic carbocycles. The Kier molecular flexibility index (Phi) is 10.3. The van der Waals surface area contributed by atoms with Crippen LogP contribution >= 0.6 is 0 Å². The number of carbonyl (C=O) groups is 1. The van der Waals surface area contributed by atoms with E-state index in [9.17, 15) is 13.2 Å². The smallest absolute Gasteiger partial charge is 0.317 e. The van der Waals surface area contributed by atoms with Crippen LogP contribution < -0.4 is 10.0 Å². The molecule has 2 fully saturated rings. The molecule has 3 aromatic rings. The van der Waals surface area contributed by atoms with Gasteiger partial charge in [-0.2, -0.15) is 0 Å². The van der Waals surface area contributed by atoms with E-state index in [4.69, 9.17) is 0 Å². The Labute approximate surface area is 251 Å². The lowest BCUT2D eigenvalue weighted by molar-refractivity contribution is 0.109. The number of piperidine rings is 1. The van der Waals surface area contributed by atoms with Gasteiger partial charge in [-0.1, -0.05) is 85.8 Å². The largest absolute Gasteiger partial charge is 0.334 e. The fraction of sp³-hybridized carbons (Fsp3) is 0.441. The van der Waals surface area contributed by atoms with Gasteiger partial charge in [-0.25, -0.2) is 17.9 Å². The van der Waals surface area contributed by atoms with Gasteiger partial charge in [-0.15, -0.1) is 0 Å². The zero-order valence-electron chi connectivity index (χ0n) is 24.6. The topological polar surface area (TPSA) is 81.8 Å². The maximum Gasteiger partial charge on any atom is 0.317 e. The van der Waals surface area contributed by atoms with Gasteiger partial charge >= 0.3 is 6.03 Å². The van der Waals surface area contributed by atoms with E-state index >= 15 is 0 Å². The number of likely N-dealkylation sites (tertiary alicyclic amines) is 1. The van der Waals surface area contributed by atoms with Gasteiger partial charge in [0.2, 0.25) is 10.0 Å². The van der Waals surface area contributed by atoms with Gasteiger partial charge in [0.05, 0.1) is 4.90 Å². The molecule has 5 rings (SSSR count). The van der Waals surface area contributed by atoms with Crippen LogP contribution in [0.5, 0.6) is 0 Å². The van der Waals surface area contributed by atoms with Crippen molar-refractivity contribution in [3.63, 3.8) is 0 Å². The summed E-state index contributed by atoms with van der Waals surface area (Å²) in [6.07, 6.45) is 4.44. The molecular formula is C34H44N4O3S. The first-order valence-corrected chi connectivity index (χ1v) is 16.8. The zero-order chi connectivity index (χ0) is 29.4. The summed E-state index contributed by atoms with van der Waals surface area (Å²) in [6, 6.07) is 29.4. The Bertz CT molecular complexity index is 1360. The van der Waals surface area contributed by atoms with E-state index in [1.165, 1.54) is 5.56 Å². The minimum atomic E-state index is -3.57. The van der Waals surface area contributed by atoms with Crippen LogP contribution in [0.15, 0.2) is 95.9 Å². The molecule has 2 aliphatic rings. The first-order valence-electron chi connectivity index (χ1n) is 15.4. The molecule has 1 saturated heterocycles. The molecule has 0 spiro atoms. The Balaban J connectivity index is 1.19. The number of rotatable bonds is 11. The summed E-state index contributed by atoms with van der Waals surface area (Å²) in [7, 11) is -3.57. The summed E-state index contributed by atoms with van der Waals surface area (Å²) >= 11 is 0. The van der Waals surface area contributed by atoms with E-state index in [1.807, 2.05) is 47.4 Å². The summed E-state index contributed by atoms with van der Waals surface area (Å²) < 4.78 is 29.2. The highest BCUT2D eigenvalue weighted by atomic mass is 32.2. The molecule has 3 atom stereocenters. The predicted octanol–water partition coefficient (Wildman–Crippen LogP) is 5.61. The molecular weight excluding hydrogens is 544 g/mol. The average Bonchev–Trinajstić information content (AvgIpc) is 3.41. The van der Waals surface area contributed by atoms with Crippen LogP contribution in [0.1, 0.15) is 56.1 Å². The van der Waals surface area contributed by atoms with Gasteiger partial charge in [0.1, 0.15) is 0 Å². The lowest BCUT2D eigenvalue weighted by Gasteiger charge is -2.39. The third-order valence-electron chi connectivity index (χ3n) is 8.80. The van der Waals surface area contributed by atoms with Crippen molar-refractivity contribution in [2.75, 3.05) is 26.2 Å². The standard InChI is InChI=1S/C34H44N4O3S/c1-2-20-38(34(39)35-25-27-12-6-3-7-13-27)31-18-21-37(22-19-31)26-29-23-30(24-33(29)28-14-8-4-9-15-28)36-42(40,41)32-16-10-5-11-17-32/h3-17,29-31,33,36H,2,18-26H2,1H3,(H,35,39). The molecule has 0 aromatic heterocycles. The van der Waals surface area contributed by atoms with Crippen LogP contribution in [-0.4, -0.2) is 62.5 Å². The molecule has 1 aliphatic carbocycles. The van der Waals surface area contributed by atoms with Gasteiger partial charge in [-0.05, 0) is 67.2 Å². The van der Waals surface area contributed by atoms with Crippen LogP contribution in [0, 0.1) is 5.92 Å². The second-order valence-corrected chi connectivity index (χ2v) is 13.5. The lowest BCUT2D eigenvalue weighted by Crippen LogP contribution is -2.51. The maximum absolute atomic E-state index is 13.2. The number of benzene rings is 3. The number of hydrogen-bond donors (Lipinski definition) is 2. The minimum Gasteiger partial charge on any atom is -0.334 e. The number of carbonyl (C=O) groups excluding carboxylic acids is 1. The normalized spacial score (nSPS) is 21.7. The summed E-state index contributed by atoms with van der Waals surface area (Å²) in [5.74, 6) is 0.654. The van der Waals surface area contributed by atoms with Crippen molar-refractivity contribution in [2.45, 2.75) is 68.5 Å². The third-order valence-corrected chi connectivity index (χ3v) is 10.3. The summed E-state index contributed by atoms with van der Waals surface area (Å²) in [5.41, 5.74) is 2.38. The van der Waals surface area contributed by atoms with Crippen LogP contribution in [0.2, 0.25) is 0 Å².